The number of ether oxygens (including phenoxy) is 1. The van der Waals surface area contributed by atoms with Crippen LogP contribution in [-0.2, 0) is 11.4 Å². The standard InChI is InChI=1S/C18H21NO5/c1-12-4-6-13(7-5-12)23-10-14-8-9-15(24-14)16(20)19-11-18(2,3)17(21)22/h4-9H,10-11H2,1-3H3,(H,19,20)(H,21,22). The van der Waals surface area contributed by atoms with Crippen molar-refractivity contribution in [3.05, 3.63) is 53.5 Å². The number of aryl methyl sites for hydroxylation is 1. The van der Waals surface area contributed by atoms with Crippen LogP contribution in [0.25, 0.3) is 0 Å². The summed E-state index contributed by atoms with van der Waals surface area (Å²) in [5, 5.41) is 11.6. The first kappa shape index (κ1) is 17.6. The predicted octanol–water partition coefficient (Wildman–Crippen LogP) is 3.01. The van der Waals surface area contributed by atoms with Gasteiger partial charge in [-0.2, -0.15) is 0 Å². The molecule has 1 aromatic carbocycles. The minimum atomic E-state index is -1.04. The fraction of sp³-hybridized carbons (Fsp3) is 0.333. The molecule has 24 heavy (non-hydrogen) atoms. The molecule has 0 saturated carbocycles. The number of hydrogen-bond acceptors (Lipinski definition) is 4. The van der Waals surface area contributed by atoms with Crippen molar-refractivity contribution in [2.75, 3.05) is 6.54 Å². The Bertz CT molecular complexity index is 715. The lowest BCUT2D eigenvalue weighted by Crippen LogP contribution is -2.38. The number of carboxylic acids is 1. The highest BCUT2D eigenvalue weighted by molar-refractivity contribution is 5.91. The number of nitrogens with one attached hydrogen (secondary N) is 1. The summed E-state index contributed by atoms with van der Waals surface area (Å²) in [6.45, 7) is 5.29. The molecule has 6 nitrogen and oxygen atoms in total. The molecule has 0 saturated heterocycles. The Kier molecular flexibility index (Phi) is 5.28. The number of amides is 1. The summed E-state index contributed by atoms with van der Waals surface area (Å²) in [5.41, 5.74) is 0.100. The van der Waals surface area contributed by atoms with E-state index in [9.17, 15) is 9.59 Å². The molecular formula is C18H21NO5. The van der Waals surface area contributed by atoms with Crippen LogP contribution in [0.5, 0.6) is 5.75 Å². The third-order valence-corrected chi connectivity index (χ3v) is 3.56. The second-order valence-electron chi connectivity index (χ2n) is 6.24. The van der Waals surface area contributed by atoms with Gasteiger partial charge in [0.05, 0.1) is 5.41 Å². The number of rotatable bonds is 7. The van der Waals surface area contributed by atoms with E-state index in [-0.39, 0.29) is 18.9 Å². The highest BCUT2D eigenvalue weighted by atomic mass is 16.5. The maximum absolute atomic E-state index is 12.0. The third-order valence-electron chi connectivity index (χ3n) is 3.56. The van der Waals surface area contributed by atoms with Crippen LogP contribution in [0.3, 0.4) is 0 Å². The molecule has 1 amide bonds. The second-order valence-corrected chi connectivity index (χ2v) is 6.24. The fourth-order valence-corrected chi connectivity index (χ4v) is 1.83. The zero-order valence-corrected chi connectivity index (χ0v) is 14.0. The van der Waals surface area contributed by atoms with E-state index >= 15 is 0 Å². The van der Waals surface area contributed by atoms with Gasteiger partial charge in [-0.25, -0.2) is 0 Å². The Hall–Kier alpha value is -2.76. The number of carboxylic acid groups (broad SMARTS) is 1. The van der Waals surface area contributed by atoms with E-state index in [4.69, 9.17) is 14.3 Å². The van der Waals surface area contributed by atoms with Gasteiger partial charge >= 0.3 is 5.97 Å². The minimum Gasteiger partial charge on any atom is -0.486 e. The molecular weight excluding hydrogens is 310 g/mol. The first-order valence-corrected chi connectivity index (χ1v) is 7.58. The lowest BCUT2D eigenvalue weighted by atomic mass is 9.94. The number of furan rings is 1. The summed E-state index contributed by atoms with van der Waals surface area (Å²) in [7, 11) is 0. The first-order valence-electron chi connectivity index (χ1n) is 7.58. The molecule has 2 aromatic rings. The van der Waals surface area contributed by atoms with Crippen LogP contribution in [0.2, 0.25) is 0 Å². The summed E-state index contributed by atoms with van der Waals surface area (Å²) < 4.78 is 11.0. The summed E-state index contributed by atoms with van der Waals surface area (Å²) in [6, 6.07) is 10.8. The van der Waals surface area contributed by atoms with Crippen molar-refractivity contribution in [3.63, 3.8) is 0 Å². The highest BCUT2D eigenvalue weighted by Gasteiger charge is 2.28. The van der Waals surface area contributed by atoms with Crippen LogP contribution in [0.1, 0.15) is 35.7 Å². The van der Waals surface area contributed by atoms with E-state index in [1.54, 1.807) is 19.9 Å². The van der Waals surface area contributed by atoms with E-state index in [1.807, 2.05) is 31.2 Å². The average molecular weight is 331 g/mol. The van der Waals surface area contributed by atoms with Gasteiger partial charge in [0.2, 0.25) is 0 Å². The molecule has 0 spiro atoms. The molecule has 0 aliphatic rings. The first-order chi connectivity index (χ1) is 11.3. The van der Waals surface area contributed by atoms with E-state index in [2.05, 4.69) is 5.32 Å². The van der Waals surface area contributed by atoms with Crippen molar-refractivity contribution in [2.45, 2.75) is 27.4 Å². The lowest BCUT2D eigenvalue weighted by molar-refractivity contribution is -0.146. The number of carbonyl (C=O) groups is 2. The highest BCUT2D eigenvalue weighted by Crippen LogP contribution is 2.16. The summed E-state index contributed by atoms with van der Waals surface area (Å²) in [4.78, 5) is 23.0. The fourth-order valence-electron chi connectivity index (χ4n) is 1.83. The van der Waals surface area contributed by atoms with Crippen LogP contribution in [0.4, 0.5) is 0 Å². The molecule has 0 radical (unpaired) electrons. The topological polar surface area (TPSA) is 88.8 Å². The number of carbonyl (C=O) groups excluding carboxylic acids is 1. The Labute approximate surface area is 140 Å². The summed E-state index contributed by atoms with van der Waals surface area (Å²) >= 11 is 0. The zero-order chi connectivity index (χ0) is 17.7. The molecule has 2 N–H and O–H groups in total. The smallest absolute Gasteiger partial charge is 0.310 e. The maximum Gasteiger partial charge on any atom is 0.310 e. The molecule has 1 heterocycles. The van der Waals surface area contributed by atoms with Crippen LogP contribution in [0.15, 0.2) is 40.8 Å². The molecule has 0 aliphatic carbocycles. The lowest BCUT2D eigenvalue weighted by Gasteiger charge is -2.18. The van der Waals surface area contributed by atoms with Crippen molar-refractivity contribution in [1.29, 1.82) is 0 Å². The Morgan fingerprint density at radius 1 is 1.17 bits per heavy atom. The van der Waals surface area contributed by atoms with Gasteiger partial charge in [-0.15, -0.1) is 0 Å². The number of aliphatic carboxylic acids is 1. The van der Waals surface area contributed by atoms with Gasteiger partial charge in [0.15, 0.2) is 5.76 Å². The number of hydrogen-bond donors (Lipinski definition) is 2. The molecule has 1 aromatic heterocycles. The van der Waals surface area contributed by atoms with Crippen molar-refractivity contribution < 1.29 is 23.8 Å². The molecule has 0 unspecified atom stereocenters. The van der Waals surface area contributed by atoms with Crippen LogP contribution >= 0.6 is 0 Å². The minimum absolute atomic E-state index is 0.0110. The summed E-state index contributed by atoms with van der Waals surface area (Å²) in [5.74, 6) is -0.0801. The molecule has 0 fully saturated rings. The normalized spacial score (nSPS) is 11.1. The largest absolute Gasteiger partial charge is 0.486 e. The van der Waals surface area contributed by atoms with Gasteiger partial charge in [0.25, 0.3) is 5.91 Å². The van der Waals surface area contributed by atoms with Crippen molar-refractivity contribution >= 4 is 11.9 Å². The molecule has 128 valence electrons. The van der Waals surface area contributed by atoms with Crippen molar-refractivity contribution in [3.8, 4) is 5.75 Å². The van der Waals surface area contributed by atoms with Crippen LogP contribution in [0, 0.1) is 12.3 Å². The van der Waals surface area contributed by atoms with Gasteiger partial charge < -0.3 is 19.6 Å². The maximum atomic E-state index is 12.0. The van der Waals surface area contributed by atoms with Gasteiger partial charge in [-0.3, -0.25) is 9.59 Å². The SMILES string of the molecule is Cc1ccc(OCc2ccc(C(=O)NCC(C)(C)C(=O)O)o2)cc1. The van der Waals surface area contributed by atoms with Crippen molar-refractivity contribution in [1.82, 2.24) is 5.32 Å². The number of benzene rings is 1. The Morgan fingerprint density at radius 3 is 2.46 bits per heavy atom. The predicted molar refractivity (Wildman–Crippen MR) is 88.0 cm³/mol. The van der Waals surface area contributed by atoms with Gasteiger partial charge in [-0.05, 0) is 45.0 Å². The van der Waals surface area contributed by atoms with Gasteiger partial charge in [0, 0.05) is 6.54 Å². The Balaban J connectivity index is 1.89. The third kappa shape index (κ3) is 4.62. The van der Waals surface area contributed by atoms with E-state index in [0.29, 0.717) is 11.5 Å². The van der Waals surface area contributed by atoms with Gasteiger partial charge in [-0.1, -0.05) is 17.7 Å². The van der Waals surface area contributed by atoms with Gasteiger partial charge in [0.1, 0.15) is 18.1 Å². The molecule has 6 heteroatoms. The average Bonchev–Trinajstić information content (AvgIpc) is 3.01. The Morgan fingerprint density at radius 2 is 1.83 bits per heavy atom. The zero-order valence-electron chi connectivity index (χ0n) is 14.0. The van der Waals surface area contributed by atoms with Crippen molar-refractivity contribution in [2.24, 2.45) is 5.41 Å². The molecule has 0 bridgehead atoms. The van der Waals surface area contributed by atoms with E-state index in [1.165, 1.54) is 6.07 Å². The van der Waals surface area contributed by atoms with E-state index < -0.39 is 17.3 Å². The van der Waals surface area contributed by atoms with E-state index in [0.717, 1.165) is 5.56 Å². The second kappa shape index (κ2) is 7.21. The van der Waals surface area contributed by atoms with Crippen LogP contribution in [-0.4, -0.2) is 23.5 Å². The van der Waals surface area contributed by atoms with Crippen LogP contribution < -0.4 is 10.1 Å². The molecule has 0 atom stereocenters. The monoisotopic (exact) mass is 331 g/mol. The molecule has 0 aliphatic heterocycles. The molecule has 2 rings (SSSR count). The summed E-state index contributed by atoms with van der Waals surface area (Å²) in [6.07, 6.45) is 0. The quantitative estimate of drug-likeness (QED) is 0.814.